The van der Waals surface area contributed by atoms with E-state index in [4.69, 9.17) is 5.11 Å². The third kappa shape index (κ3) is 1.37. The number of fused-ring (bicyclic) bond motifs is 1. The zero-order valence-electron chi connectivity index (χ0n) is 8.74. The lowest BCUT2D eigenvalue weighted by atomic mass is 9.86. The standard InChI is InChI=1S/C10H13NO3S/c1-3-15-6-4-10(2)5-7(12)11(10)8(6)9(13)14/h3-5H2,1-2H3,(H,13,14). The molecule has 0 aromatic heterocycles. The van der Waals surface area contributed by atoms with Crippen molar-refractivity contribution in [2.24, 2.45) is 0 Å². The zero-order valence-corrected chi connectivity index (χ0v) is 9.56. The molecule has 0 aromatic carbocycles. The van der Waals surface area contributed by atoms with Crippen LogP contribution in [0.2, 0.25) is 0 Å². The van der Waals surface area contributed by atoms with Crippen LogP contribution in [0.3, 0.4) is 0 Å². The molecule has 2 aliphatic rings. The molecule has 1 amide bonds. The molecule has 1 N–H and O–H groups in total. The van der Waals surface area contributed by atoms with Gasteiger partial charge in [0.05, 0.1) is 12.0 Å². The van der Waals surface area contributed by atoms with Gasteiger partial charge in [0.15, 0.2) is 0 Å². The summed E-state index contributed by atoms with van der Waals surface area (Å²) in [6, 6.07) is 0. The van der Waals surface area contributed by atoms with Crippen LogP contribution in [0, 0.1) is 0 Å². The number of aliphatic carboxylic acids is 1. The van der Waals surface area contributed by atoms with Crippen LogP contribution in [-0.4, -0.2) is 33.2 Å². The first-order valence-electron chi connectivity index (χ1n) is 4.92. The number of rotatable bonds is 3. The summed E-state index contributed by atoms with van der Waals surface area (Å²) in [4.78, 5) is 24.8. The number of carboxylic acids is 1. The molecule has 4 nitrogen and oxygen atoms in total. The number of nitrogens with zero attached hydrogens (tertiary/aromatic N) is 1. The summed E-state index contributed by atoms with van der Waals surface area (Å²) in [6.07, 6.45) is 1.16. The molecular formula is C10H13NO3S. The summed E-state index contributed by atoms with van der Waals surface area (Å²) in [7, 11) is 0. The molecule has 0 aliphatic carbocycles. The van der Waals surface area contributed by atoms with Gasteiger partial charge in [0.25, 0.3) is 0 Å². The molecule has 1 atom stereocenters. The number of thioether (sulfide) groups is 1. The molecule has 0 radical (unpaired) electrons. The van der Waals surface area contributed by atoms with E-state index in [2.05, 4.69) is 0 Å². The van der Waals surface area contributed by atoms with Crippen molar-refractivity contribution in [2.45, 2.75) is 32.2 Å². The van der Waals surface area contributed by atoms with Crippen LogP contribution in [0.1, 0.15) is 26.7 Å². The first kappa shape index (κ1) is 10.5. The number of amides is 1. The minimum absolute atomic E-state index is 0.0680. The van der Waals surface area contributed by atoms with Crippen LogP contribution in [0.4, 0.5) is 0 Å². The van der Waals surface area contributed by atoms with Gasteiger partial charge < -0.3 is 5.11 Å². The number of carbonyl (C=O) groups excluding carboxylic acids is 1. The van der Waals surface area contributed by atoms with Gasteiger partial charge in [-0.05, 0) is 12.7 Å². The van der Waals surface area contributed by atoms with Gasteiger partial charge in [0, 0.05) is 11.3 Å². The number of hydrogen-bond donors (Lipinski definition) is 1. The second-order valence-electron chi connectivity index (χ2n) is 4.09. The monoisotopic (exact) mass is 227 g/mol. The number of carboxylic acid groups (broad SMARTS) is 1. The Hall–Kier alpha value is -0.970. The van der Waals surface area contributed by atoms with Gasteiger partial charge in [-0.3, -0.25) is 9.69 Å². The van der Waals surface area contributed by atoms with Crippen molar-refractivity contribution in [3.8, 4) is 0 Å². The second kappa shape index (κ2) is 3.27. The predicted molar refractivity (Wildman–Crippen MR) is 57.3 cm³/mol. The fraction of sp³-hybridized carbons (Fsp3) is 0.600. The van der Waals surface area contributed by atoms with Crippen molar-refractivity contribution in [1.82, 2.24) is 4.90 Å². The third-order valence-electron chi connectivity index (χ3n) is 2.87. The maximum Gasteiger partial charge on any atom is 0.353 e. The Labute approximate surface area is 92.3 Å². The molecule has 5 heteroatoms. The van der Waals surface area contributed by atoms with Crippen LogP contribution in [0.5, 0.6) is 0 Å². The van der Waals surface area contributed by atoms with Crippen molar-refractivity contribution in [1.29, 1.82) is 0 Å². The molecule has 2 aliphatic heterocycles. The van der Waals surface area contributed by atoms with Crippen LogP contribution in [0.15, 0.2) is 10.6 Å². The van der Waals surface area contributed by atoms with Gasteiger partial charge >= 0.3 is 5.97 Å². The Bertz CT molecular complexity index is 377. The fourth-order valence-corrected chi connectivity index (χ4v) is 3.37. The average molecular weight is 227 g/mol. The Morgan fingerprint density at radius 3 is 2.73 bits per heavy atom. The van der Waals surface area contributed by atoms with Gasteiger partial charge in [0.1, 0.15) is 5.70 Å². The van der Waals surface area contributed by atoms with Gasteiger partial charge in [-0.2, -0.15) is 0 Å². The topological polar surface area (TPSA) is 57.6 Å². The van der Waals surface area contributed by atoms with Crippen molar-refractivity contribution in [2.75, 3.05) is 5.75 Å². The van der Waals surface area contributed by atoms with E-state index in [-0.39, 0.29) is 17.1 Å². The molecule has 15 heavy (non-hydrogen) atoms. The quantitative estimate of drug-likeness (QED) is 0.741. The van der Waals surface area contributed by atoms with Crippen molar-refractivity contribution < 1.29 is 14.7 Å². The zero-order chi connectivity index (χ0) is 11.2. The van der Waals surface area contributed by atoms with E-state index >= 15 is 0 Å². The van der Waals surface area contributed by atoms with Gasteiger partial charge in [-0.1, -0.05) is 6.92 Å². The highest BCUT2D eigenvalue weighted by molar-refractivity contribution is 8.03. The molecule has 1 fully saturated rings. The molecule has 0 saturated carbocycles. The highest BCUT2D eigenvalue weighted by atomic mass is 32.2. The van der Waals surface area contributed by atoms with Crippen molar-refractivity contribution in [3.05, 3.63) is 10.6 Å². The smallest absolute Gasteiger partial charge is 0.353 e. The first-order chi connectivity index (χ1) is 6.99. The van der Waals surface area contributed by atoms with E-state index < -0.39 is 5.97 Å². The van der Waals surface area contributed by atoms with E-state index in [1.165, 1.54) is 16.7 Å². The maximum absolute atomic E-state index is 11.4. The minimum Gasteiger partial charge on any atom is -0.477 e. The lowest BCUT2D eigenvalue weighted by Crippen LogP contribution is -2.58. The summed E-state index contributed by atoms with van der Waals surface area (Å²) in [6.45, 7) is 3.93. The Morgan fingerprint density at radius 2 is 2.27 bits per heavy atom. The van der Waals surface area contributed by atoms with Crippen LogP contribution < -0.4 is 0 Å². The van der Waals surface area contributed by atoms with E-state index in [1.807, 2.05) is 13.8 Å². The number of carbonyl (C=O) groups is 2. The van der Waals surface area contributed by atoms with E-state index in [9.17, 15) is 9.59 Å². The summed E-state index contributed by atoms with van der Waals surface area (Å²) in [5, 5.41) is 9.10. The van der Waals surface area contributed by atoms with Crippen LogP contribution in [0.25, 0.3) is 0 Å². The lowest BCUT2D eigenvalue weighted by Gasteiger charge is -2.45. The molecule has 82 valence electrons. The van der Waals surface area contributed by atoms with Crippen LogP contribution >= 0.6 is 11.8 Å². The van der Waals surface area contributed by atoms with E-state index in [0.29, 0.717) is 12.8 Å². The average Bonchev–Trinajstić information content (AvgIpc) is 2.34. The summed E-state index contributed by atoms with van der Waals surface area (Å²) in [5.74, 6) is -0.214. The van der Waals surface area contributed by atoms with E-state index in [1.54, 1.807) is 0 Å². The largest absolute Gasteiger partial charge is 0.477 e. The van der Waals surface area contributed by atoms with Crippen molar-refractivity contribution >= 4 is 23.6 Å². The Morgan fingerprint density at radius 1 is 1.60 bits per heavy atom. The molecule has 1 saturated heterocycles. The molecule has 0 aromatic rings. The predicted octanol–water partition coefficient (Wildman–Crippen LogP) is 1.43. The number of hydrogen-bond acceptors (Lipinski definition) is 3. The third-order valence-corrected chi connectivity index (χ3v) is 3.85. The highest BCUT2D eigenvalue weighted by Crippen LogP contribution is 2.50. The van der Waals surface area contributed by atoms with Gasteiger partial charge in [-0.25, -0.2) is 4.79 Å². The molecule has 2 heterocycles. The molecular weight excluding hydrogens is 214 g/mol. The summed E-state index contributed by atoms with van der Waals surface area (Å²) >= 11 is 1.53. The van der Waals surface area contributed by atoms with Gasteiger partial charge in [-0.15, -0.1) is 11.8 Å². The molecule has 0 spiro atoms. The second-order valence-corrected chi connectivity index (χ2v) is 5.45. The summed E-state index contributed by atoms with van der Waals surface area (Å²) in [5.41, 5.74) is -0.0527. The molecule has 2 rings (SSSR count). The molecule has 0 bridgehead atoms. The Kier molecular flexibility index (Phi) is 2.30. The Balaban J connectivity index is 2.36. The lowest BCUT2D eigenvalue weighted by molar-refractivity contribution is -0.153. The first-order valence-corrected chi connectivity index (χ1v) is 5.90. The van der Waals surface area contributed by atoms with Crippen LogP contribution in [-0.2, 0) is 9.59 Å². The minimum atomic E-state index is -0.984. The van der Waals surface area contributed by atoms with E-state index in [0.717, 1.165) is 10.7 Å². The highest BCUT2D eigenvalue weighted by Gasteiger charge is 2.56. The van der Waals surface area contributed by atoms with Gasteiger partial charge in [0.2, 0.25) is 5.91 Å². The van der Waals surface area contributed by atoms with Crippen molar-refractivity contribution in [3.63, 3.8) is 0 Å². The summed E-state index contributed by atoms with van der Waals surface area (Å²) < 4.78 is 0. The normalized spacial score (nSPS) is 29.2. The maximum atomic E-state index is 11.4. The number of β-lactam (4-membered cyclic amide) rings is 1. The fourth-order valence-electron chi connectivity index (χ4n) is 2.29. The SMILES string of the molecule is CCSC1=C(C(=O)O)N2C(=O)CC2(C)C1. The molecule has 1 unspecified atom stereocenters.